The lowest BCUT2D eigenvalue weighted by Crippen LogP contribution is -2.53. The van der Waals surface area contributed by atoms with Gasteiger partial charge in [0.15, 0.2) is 6.61 Å². The van der Waals surface area contributed by atoms with Crippen molar-refractivity contribution < 1.29 is 14.3 Å². The first kappa shape index (κ1) is 23.5. The van der Waals surface area contributed by atoms with Crippen LogP contribution in [0.3, 0.4) is 0 Å². The summed E-state index contributed by atoms with van der Waals surface area (Å²) in [5.74, 6) is 0.276. The maximum Gasteiger partial charge on any atom is 0.261 e. The van der Waals surface area contributed by atoms with Crippen LogP contribution >= 0.6 is 0 Å². The Hall–Kier alpha value is -2.82. The summed E-state index contributed by atoms with van der Waals surface area (Å²) in [4.78, 5) is 27.6. The Kier molecular flexibility index (Phi) is 7.65. The summed E-state index contributed by atoms with van der Waals surface area (Å²) >= 11 is 0. The zero-order valence-corrected chi connectivity index (χ0v) is 19.2. The van der Waals surface area contributed by atoms with E-state index >= 15 is 0 Å². The lowest BCUT2D eigenvalue weighted by atomic mass is 10.1. The number of hydrogen-bond acceptors (Lipinski definition) is 3. The van der Waals surface area contributed by atoms with Crippen molar-refractivity contribution in [1.29, 1.82) is 0 Å². The molecule has 0 fully saturated rings. The number of amides is 2. The second-order valence-electron chi connectivity index (χ2n) is 8.85. The molecule has 0 aliphatic heterocycles. The number of nitrogens with zero attached hydrogens (tertiary/aromatic N) is 1. The summed E-state index contributed by atoms with van der Waals surface area (Å²) in [7, 11) is 0. The van der Waals surface area contributed by atoms with Crippen molar-refractivity contribution in [2.45, 2.75) is 66.6 Å². The van der Waals surface area contributed by atoms with E-state index in [-0.39, 0.29) is 24.0 Å². The topological polar surface area (TPSA) is 58.6 Å². The predicted molar refractivity (Wildman–Crippen MR) is 120 cm³/mol. The van der Waals surface area contributed by atoms with Gasteiger partial charge in [-0.25, -0.2) is 0 Å². The van der Waals surface area contributed by atoms with Crippen LogP contribution in [-0.2, 0) is 16.1 Å². The third-order valence-corrected chi connectivity index (χ3v) is 5.17. The van der Waals surface area contributed by atoms with Gasteiger partial charge in [-0.1, -0.05) is 36.4 Å². The second-order valence-corrected chi connectivity index (χ2v) is 8.85. The summed E-state index contributed by atoms with van der Waals surface area (Å²) in [6.45, 7) is 13.7. The molecule has 30 heavy (non-hydrogen) atoms. The number of benzene rings is 2. The Morgan fingerprint density at radius 3 is 2.27 bits per heavy atom. The molecule has 162 valence electrons. The van der Waals surface area contributed by atoms with E-state index in [9.17, 15) is 9.59 Å². The molecular formula is C25H34N2O3. The van der Waals surface area contributed by atoms with E-state index < -0.39 is 6.04 Å². The SMILES string of the molecule is Cc1ccccc1CN(C(=O)COc1cccc(C)c1C)[C@H](C)C(=O)NC(C)(C)C. The van der Waals surface area contributed by atoms with Crippen LogP contribution in [0.2, 0.25) is 0 Å². The van der Waals surface area contributed by atoms with E-state index in [0.717, 1.165) is 22.3 Å². The van der Waals surface area contributed by atoms with E-state index in [4.69, 9.17) is 4.74 Å². The fourth-order valence-corrected chi connectivity index (χ4v) is 3.13. The summed E-state index contributed by atoms with van der Waals surface area (Å²) < 4.78 is 5.84. The molecule has 0 saturated heterocycles. The van der Waals surface area contributed by atoms with Crippen LogP contribution in [0.25, 0.3) is 0 Å². The van der Waals surface area contributed by atoms with Crippen molar-refractivity contribution >= 4 is 11.8 Å². The zero-order valence-electron chi connectivity index (χ0n) is 19.2. The summed E-state index contributed by atoms with van der Waals surface area (Å²) in [6, 6.07) is 13.0. The first-order chi connectivity index (χ1) is 14.0. The molecule has 5 nitrogen and oxygen atoms in total. The third kappa shape index (κ3) is 6.34. The first-order valence-corrected chi connectivity index (χ1v) is 10.3. The molecule has 0 aliphatic carbocycles. The minimum absolute atomic E-state index is 0.122. The smallest absolute Gasteiger partial charge is 0.261 e. The van der Waals surface area contributed by atoms with Gasteiger partial charge in [-0.05, 0) is 76.8 Å². The van der Waals surface area contributed by atoms with Gasteiger partial charge in [-0.15, -0.1) is 0 Å². The highest BCUT2D eigenvalue weighted by molar-refractivity contribution is 5.88. The lowest BCUT2D eigenvalue weighted by molar-refractivity contribution is -0.142. The van der Waals surface area contributed by atoms with E-state index in [1.54, 1.807) is 11.8 Å². The molecule has 0 unspecified atom stereocenters. The quantitative estimate of drug-likeness (QED) is 0.739. The normalized spacial score (nSPS) is 12.2. The van der Waals surface area contributed by atoms with Crippen LogP contribution in [-0.4, -0.2) is 34.9 Å². The summed E-state index contributed by atoms with van der Waals surface area (Å²) in [6.07, 6.45) is 0. The molecule has 0 radical (unpaired) electrons. The minimum Gasteiger partial charge on any atom is -0.483 e. The van der Waals surface area contributed by atoms with Crippen LogP contribution < -0.4 is 10.1 Å². The highest BCUT2D eigenvalue weighted by Crippen LogP contribution is 2.21. The predicted octanol–water partition coefficient (Wildman–Crippen LogP) is 4.32. The Bertz CT molecular complexity index is 900. The maximum absolute atomic E-state index is 13.2. The van der Waals surface area contributed by atoms with Gasteiger partial charge in [-0.2, -0.15) is 0 Å². The fourth-order valence-electron chi connectivity index (χ4n) is 3.13. The van der Waals surface area contributed by atoms with Gasteiger partial charge in [0.25, 0.3) is 5.91 Å². The van der Waals surface area contributed by atoms with Gasteiger partial charge in [0.1, 0.15) is 11.8 Å². The number of nitrogens with one attached hydrogen (secondary N) is 1. The van der Waals surface area contributed by atoms with Crippen molar-refractivity contribution in [2.75, 3.05) is 6.61 Å². The third-order valence-electron chi connectivity index (χ3n) is 5.17. The van der Waals surface area contributed by atoms with Gasteiger partial charge in [-0.3, -0.25) is 9.59 Å². The molecule has 2 aromatic carbocycles. The van der Waals surface area contributed by atoms with E-state index in [0.29, 0.717) is 12.3 Å². The van der Waals surface area contributed by atoms with Gasteiger partial charge in [0, 0.05) is 12.1 Å². The van der Waals surface area contributed by atoms with Crippen molar-refractivity contribution in [3.8, 4) is 5.75 Å². The van der Waals surface area contributed by atoms with E-state index in [1.807, 2.05) is 84.0 Å². The number of carbonyl (C=O) groups is 2. The summed E-state index contributed by atoms with van der Waals surface area (Å²) in [5, 5.41) is 2.97. The Morgan fingerprint density at radius 2 is 1.63 bits per heavy atom. The molecular weight excluding hydrogens is 376 g/mol. The number of ether oxygens (including phenoxy) is 1. The molecule has 1 N–H and O–H groups in total. The lowest BCUT2D eigenvalue weighted by Gasteiger charge is -2.31. The number of hydrogen-bond donors (Lipinski definition) is 1. The van der Waals surface area contributed by atoms with Crippen molar-refractivity contribution in [2.24, 2.45) is 0 Å². The second kappa shape index (κ2) is 9.79. The molecule has 2 rings (SSSR count). The van der Waals surface area contributed by atoms with Crippen molar-refractivity contribution in [3.63, 3.8) is 0 Å². The van der Waals surface area contributed by atoms with Crippen LogP contribution in [0.5, 0.6) is 5.75 Å². The van der Waals surface area contributed by atoms with Crippen molar-refractivity contribution in [1.82, 2.24) is 10.2 Å². The number of rotatable bonds is 7. The van der Waals surface area contributed by atoms with E-state index in [2.05, 4.69) is 5.32 Å². The molecule has 0 spiro atoms. The van der Waals surface area contributed by atoms with Gasteiger partial charge >= 0.3 is 0 Å². The fraction of sp³-hybridized carbons (Fsp3) is 0.440. The first-order valence-electron chi connectivity index (χ1n) is 10.3. The molecule has 2 aromatic rings. The Balaban J connectivity index is 2.22. The molecule has 0 aliphatic rings. The monoisotopic (exact) mass is 410 g/mol. The van der Waals surface area contributed by atoms with E-state index in [1.165, 1.54) is 0 Å². The standard InChI is InChI=1S/C25H34N2O3/c1-17-12-10-14-22(19(17)3)30-16-23(28)27(15-21-13-9-8-11-18(21)2)20(4)24(29)26-25(5,6)7/h8-14,20H,15-16H2,1-7H3,(H,26,29)/t20-/m1/s1. The van der Waals surface area contributed by atoms with Crippen LogP contribution in [0.1, 0.15) is 49.9 Å². The van der Waals surface area contributed by atoms with Crippen molar-refractivity contribution in [3.05, 3.63) is 64.7 Å². The summed E-state index contributed by atoms with van der Waals surface area (Å²) in [5.41, 5.74) is 3.82. The molecule has 0 bridgehead atoms. The zero-order chi connectivity index (χ0) is 22.5. The number of aryl methyl sites for hydroxylation is 2. The molecule has 5 heteroatoms. The highest BCUT2D eigenvalue weighted by Gasteiger charge is 2.29. The van der Waals surface area contributed by atoms with Crippen LogP contribution in [0.15, 0.2) is 42.5 Å². The van der Waals surface area contributed by atoms with Gasteiger partial charge in [0.2, 0.25) is 5.91 Å². The van der Waals surface area contributed by atoms with Gasteiger partial charge in [0.05, 0.1) is 0 Å². The van der Waals surface area contributed by atoms with Gasteiger partial charge < -0.3 is 15.0 Å². The average molecular weight is 411 g/mol. The Labute approximate surface area is 180 Å². The maximum atomic E-state index is 13.2. The van der Waals surface area contributed by atoms with Crippen LogP contribution in [0, 0.1) is 20.8 Å². The highest BCUT2D eigenvalue weighted by atomic mass is 16.5. The van der Waals surface area contributed by atoms with Crippen LogP contribution in [0.4, 0.5) is 0 Å². The molecule has 1 atom stereocenters. The minimum atomic E-state index is -0.626. The molecule has 0 heterocycles. The Morgan fingerprint density at radius 1 is 1.00 bits per heavy atom. The average Bonchev–Trinajstić information content (AvgIpc) is 2.66. The largest absolute Gasteiger partial charge is 0.483 e. The molecule has 2 amide bonds. The molecule has 0 aromatic heterocycles. The molecule has 0 saturated carbocycles. The number of carbonyl (C=O) groups excluding carboxylic acids is 2.